The van der Waals surface area contributed by atoms with Gasteiger partial charge >= 0.3 is 0 Å². The molecule has 0 saturated heterocycles. The van der Waals surface area contributed by atoms with Crippen molar-refractivity contribution < 1.29 is 8.42 Å². The molecule has 0 aliphatic heterocycles. The summed E-state index contributed by atoms with van der Waals surface area (Å²) in [5, 5.41) is 3.14. The molecule has 0 aromatic carbocycles. The number of nitrogens with zero attached hydrogens (tertiary/aromatic N) is 1. The van der Waals surface area contributed by atoms with E-state index in [9.17, 15) is 8.42 Å². The van der Waals surface area contributed by atoms with Crippen LogP contribution in [0.3, 0.4) is 0 Å². The van der Waals surface area contributed by atoms with Crippen LogP contribution in [0.2, 0.25) is 0 Å². The van der Waals surface area contributed by atoms with Gasteiger partial charge in [0.05, 0.1) is 4.90 Å². The van der Waals surface area contributed by atoms with Crippen LogP contribution < -0.4 is 10.0 Å². The minimum Gasteiger partial charge on any atom is -0.363 e. The maximum absolute atomic E-state index is 12.2. The number of sulfonamides is 1. The molecule has 0 saturated carbocycles. The zero-order valence-electron chi connectivity index (χ0n) is 12.2. The van der Waals surface area contributed by atoms with Crippen molar-refractivity contribution in [3.05, 3.63) is 47.5 Å². The first-order valence-electron chi connectivity index (χ1n) is 6.80. The third kappa shape index (κ3) is 4.13. The molecule has 114 valence electrons. The number of rotatable bonds is 7. The van der Waals surface area contributed by atoms with E-state index in [4.69, 9.17) is 0 Å². The average molecular weight is 308 g/mol. The SMILES string of the molecule is CCNCc1cc(S(=O)(=O)NCc2ccncc2C)c[nH]1. The van der Waals surface area contributed by atoms with Gasteiger partial charge in [0.25, 0.3) is 0 Å². The number of aromatic nitrogens is 2. The van der Waals surface area contributed by atoms with E-state index in [1.165, 1.54) is 6.20 Å². The van der Waals surface area contributed by atoms with Gasteiger partial charge in [-0.25, -0.2) is 13.1 Å². The van der Waals surface area contributed by atoms with Gasteiger partial charge < -0.3 is 10.3 Å². The van der Waals surface area contributed by atoms with Crippen LogP contribution in [0.4, 0.5) is 0 Å². The first kappa shape index (κ1) is 15.7. The Morgan fingerprint density at radius 2 is 2.14 bits per heavy atom. The number of hydrogen-bond acceptors (Lipinski definition) is 4. The van der Waals surface area contributed by atoms with Gasteiger partial charge in [-0.05, 0) is 36.7 Å². The van der Waals surface area contributed by atoms with Crippen LogP contribution in [-0.2, 0) is 23.1 Å². The van der Waals surface area contributed by atoms with Gasteiger partial charge in [-0.3, -0.25) is 4.98 Å². The molecule has 2 aromatic heterocycles. The predicted molar refractivity (Wildman–Crippen MR) is 81.2 cm³/mol. The molecule has 0 radical (unpaired) electrons. The molecule has 0 unspecified atom stereocenters. The Bertz CT molecular complexity index is 695. The molecular weight excluding hydrogens is 288 g/mol. The molecule has 2 aromatic rings. The van der Waals surface area contributed by atoms with Crippen LogP contribution in [-0.4, -0.2) is 24.9 Å². The van der Waals surface area contributed by atoms with E-state index < -0.39 is 10.0 Å². The largest absolute Gasteiger partial charge is 0.363 e. The number of nitrogens with one attached hydrogen (secondary N) is 3. The molecule has 6 nitrogen and oxygen atoms in total. The number of aryl methyl sites for hydroxylation is 1. The maximum Gasteiger partial charge on any atom is 0.242 e. The van der Waals surface area contributed by atoms with Crippen molar-refractivity contribution >= 4 is 10.0 Å². The summed E-state index contributed by atoms with van der Waals surface area (Å²) in [6.45, 7) is 5.61. The van der Waals surface area contributed by atoms with E-state index in [0.717, 1.165) is 23.4 Å². The highest BCUT2D eigenvalue weighted by molar-refractivity contribution is 7.89. The molecule has 3 N–H and O–H groups in total. The van der Waals surface area contributed by atoms with Crippen LogP contribution in [0.1, 0.15) is 23.7 Å². The molecule has 0 aliphatic rings. The van der Waals surface area contributed by atoms with Gasteiger partial charge in [0.2, 0.25) is 10.0 Å². The molecule has 2 heterocycles. The summed E-state index contributed by atoms with van der Waals surface area (Å²) in [7, 11) is -3.51. The van der Waals surface area contributed by atoms with Crippen molar-refractivity contribution in [3.8, 4) is 0 Å². The second-order valence-electron chi connectivity index (χ2n) is 4.77. The van der Waals surface area contributed by atoms with Gasteiger partial charge in [0.1, 0.15) is 0 Å². The van der Waals surface area contributed by atoms with Gasteiger partial charge in [-0.1, -0.05) is 6.92 Å². The van der Waals surface area contributed by atoms with Crippen molar-refractivity contribution in [3.63, 3.8) is 0 Å². The van der Waals surface area contributed by atoms with Crippen LogP contribution in [0, 0.1) is 6.92 Å². The Morgan fingerprint density at radius 3 is 2.86 bits per heavy atom. The number of hydrogen-bond donors (Lipinski definition) is 3. The minimum atomic E-state index is -3.51. The molecular formula is C14H20N4O2S. The van der Waals surface area contributed by atoms with Crippen LogP contribution >= 0.6 is 0 Å². The number of pyridine rings is 1. The Labute approximate surface area is 125 Å². The van der Waals surface area contributed by atoms with E-state index >= 15 is 0 Å². The Morgan fingerprint density at radius 1 is 1.33 bits per heavy atom. The van der Waals surface area contributed by atoms with Gasteiger partial charge in [-0.15, -0.1) is 0 Å². The highest BCUT2D eigenvalue weighted by Crippen LogP contribution is 2.12. The van der Waals surface area contributed by atoms with Crippen molar-refractivity contribution in [2.75, 3.05) is 6.54 Å². The lowest BCUT2D eigenvalue weighted by atomic mass is 10.2. The van der Waals surface area contributed by atoms with Crippen molar-refractivity contribution in [1.82, 2.24) is 20.0 Å². The van der Waals surface area contributed by atoms with Crippen LogP contribution in [0.15, 0.2) is 35.6 Å². The van der Waals surface area contributed by atoms with Crippen LogP contribution in [0.5, 0.6) is 0 Å². The van der Waals surface area contributed by atoms with Crippen molar-refractivity contribution in [2.24, 2.45) is 0 Å². The highest BCUT2D eigenvalue weighted by Gasteiger charge is 2.16. The molecule has 7 heteroatoms. The van der Waals surface area contributed by atoms with Gasteiger partial charge in [0, 0.05) is 37.4 Å². The lowest BCUT2D eigenvalue weighted by Gasteiger charge is -2.07. The van der Waals surface area contributed by atoms with Gasteiger partial charge in [0.15, 0.2) is 0 Å². The number of aromatic amines is 1. The third-order valence-electron chi connectivity index (χ3n) is 3.18. The lowest BCUT2D eigenvalue weighted by Crippen LogP contribution is -2.23. The second-order valence-corrected chi connectivity index (χ2v) is 6.53. The normalized spacial score (nSPS) is 11.7. The zero-order valence-corrected chi connectivity index (χ0v) is 13.0. The fourth-order valence-corrected chi connectivity index (χ4v) is 2.92. The average Bonchev–Trinajstić information content (AvgIpc) is 2.94. The van der Waals surface area contributed by atoms with E-state index in [-0.39, 0.29) is 11.4 Å². The molecule has 0 amide bonds. The first-order chi connectivity index (χ1) is 10.0. The van der Waals surface area contributed by atoms with Crippen molar-refractivity contribution in [1.29, 1.82) is 0 Å². The standard InChI is InChI=1S/C14H20N4O2S/c1-3-15-9-13-6-14(10-17-13)21(19,20)18-8-12-4-5-16-7-11(12)2/h4-7,10,15,17-18H,3,8-9H2,1-2H3. The van der Waals surface area contributed by atoms with E-state index in [0.29, 0.717) is 6.54 Å². The predicted octanol–water partition coefficient (Wildman–Crippen LogP) is 1.31. The molecule has 0 fully saturated rings. The Balaban J connectivity index is 2.05. The smallest absolute Gasteiger partial charge is 0.242 e. The van der Waals surface area contributed by atoms with E-state index in [1.54, 1.807) is 18.5 Å². The first-order valence-corrected chi connectivity index (χ1v) is 8.28. The summed E-state index contributed by atoms with van der Waals surface area (Å²) in [5.41, 5.74) is 2.72. The van der Waals surface area contributed by atoms with E-state index in [2.05, 4.69) is 20.0 Å². The fourth-order valence-electron chi connectivity index (χ4n) is 1.89. The summed E-state index contributed by atoms with van der Waals surface area (Å²) >= 11 is 0. The molecule has 0 spiro atoms. The highest BCUT2D eigenvalue weighted by atomic mass is 32.2. The molecule has 2 rings (SSSR count). The van der Waals surface area contributed by atoms with Crippen molar-refractivity contribution in [2.45, 2.75) is 31.8 Å². The maximum atomic E-state index is 12.2. The monoisotopic (exact) mass is 308 g/mol. The topological polar surface area (TPSA) is 86.9 Å². The fraction of sp³-hybridized carbons (Fsp3) is 0.357. The summed E-state index contributed by atoms with van der Waals surface area (Å²) in [6.07, 6.45) is 4.88. The minimum absolute atomic E-state index is 0.252. The molecule has 0 atom stereocenters. The Hall–Kier alpha value is -1.70. The summed E-state index contributed by atoms with van der Waals surface area (Å²) in [6, 6.07) is 3.45. The van der Waals surface area contributed by atoms with E-state index in [1.807, 2.05) is 19.9 Å². The third-order valence-corrected chi connectivity index (χ3v) is 4.56. The quantitative estimate of drug-likeness (QED) is 0.719. The lowest BCUT2D eigenvalue weighted by molar-refractivity contribution is 0.581. The second kappa shape index (κ2) is 6.84. The molecule has 21 heavy (non-hydrogen) atoms. The molecule has 0 aliphatic carbocycles. The Kier molecular flexibility index (Phi) is 5.11. The zero-order chi connectivity index (χ0) is 15.3. The van der Waals surface area contributed by atoms with Crippen LogP contribution in [0.25, 0.3) is 0 Å². The van der Waals surface area contributed by atoms with Gasteiger partial charge in [-0.2, -0.15) is 0 Å². The summed E-state index contributed by atoms with van der Waals surface area (Å²) < 4.78 is 27.1. The summed E-state index contributed by atoms with van der Waals surface area (Å²) in [5.74, 6) is 0. The summed E-state index contributed by atoms with van der Waals surface area (Å²) in [4.78, 5) is 7.21. The number of H-pyrrole nitrogens is 1. The molecule has 0 bridgehead atoms.